The lowest BCUT2D eigenvalue weighted by Gasteiger charge is -2.15. The molecule has 160 valence electrons. The minimum atomic E-state index is -0.461. The number of nitrogens with zero attached hydrogens (tertiary/aromatic N) is 3. The van der Waals surface area contributed by atoms with E-state index >= 15 is 0 Å². The van der Waals surface area contributed by atoms with Gasteiger partial charge in [-0.25, -0.2) is 0 Å². The van der Waals surface area contributed by atoms with E-state index in [9.17, 15) is 19.7 Å². The molecule has 0 radical (unpaired) electrons. The van der Waals surface area contributed by atoms with Gasteiger partial charge in [-0.2, -0.15) is 5.01 Å². The number of nitrogens with one attached hydrogen (secondary N) is 1. The van der Waals surface area contributed by atoms with E-state index in [0.29, 0.717) is 16.3 Å². The van der Waals surface area contributed by atoms with Crippen molar-refractivity contribution in [3.63, 3.8) is 0 Å². The molecule has 1 aliphatic heterocycles. The number of thioether (sulfide) groups is 1. The number of thiocarbonyl (C=S) groups is 1. The minimum absolute atomic E-state index is 0.00503. The van der Waals surface area contributed by atoms with Gasteiger partial charge in [0, 0.05) is 29.7 Å². The van der Waals surface area contributed by atoms with Gasteiger partial charge in [0.2, 0.25) is 5.91 Å². The van der Waals surface area contributed by atoms with E-state index in [1.54, 1.807) is 35.0 Å². The van der Waals surface area contributed by atoms with Crippen molar-refractivity contribution in [2.45, 2.75) is 6.42 Å². The van der Waals surface area contributed by atoms with E-state index in [0.717, 1.165) is 22.3 Å². The average Bonchev–Trinajstić information content (AvgIpc) is 3.34. The Morgan fingerprint density at radius 2 is 1.81 bits per heavy atom. The van der Waals surface area contributed by atoms with E-state index in [2.05, 4.69) is 5.43 Å². The Morgan fingerprint density at radius 3 is 2.50 bits per heavy atom. The van der Waals surface area contributed by atoms with Crippen molar-refractivity contribution >= 4 is 51.9 Å². The van der Waals surface area contributed by atoms with E-state index in [4.69, 9.17) is 12.2 Å². The van der Waals surface area contributed by atoms with Crippen molar-refractivity contribution in [3.8, 4) is 5.69 Å². The quantitative estimate of drug-likeness (QED) is 0.258. The maximum atomic E-state index is 12.8. The van der Waals surface area contributed by atoms with Gasteiger partial charge in [0.15, 0.2) is 4.32 Å². The van der Waals surface area contributed by atoms with Crippen LogP contribution in [0.4, 0.5) is 5.69 Å². The highest BCUT2D eigenvalue weighted by molar-refractivity contribution is 8.26. The second kappa shape index (κ2) is 9.16. The highest BCUT2D eigenvalue weighted by Crippen LogP contribution is 2.32. The number of rotatable bonds is 6. The molecule has 32 heavy (non-hydrogen) atoms. The number of aromatic nitrogens is 1. The maximum absolute atomic E-state index is 12.8. The zero-order valence-electron chi connectivity index (χ0n) is 16.5. The Balaban J connectivity index is 1.50. The number of non-ortho nitro benzene ring substituents is 1. The molecule has 0 saturated carbocycles. The molecule has 0 aliphatic carbocycles. The van der Waals surface area contributed by atoms with Crippen molar-refractivity contribution in [3.05, 3.63) is 99.2 Å². The third-order valence-corrected chi connectivity index (χ3v) is 5.94. The van der Waals surface area contributed by atoms with E-state index in [1.807, 2.05) is 36.4 Å². The summed E-state index contributed by atoms with van der Waals surface area (Å²) in [6.07, 6.45) is 3.58. The SMILES string of the molecule is O=C(Cc1ccccc1)NN1C(=O)/C(=C/c2cccn2-c2ccc([N+](=O)[O-])cc2)SC1=S. The maximum Gasteiger partial charge on any atom is 0.285 e. The van der Waals surface area contributed by atoms with Gasteiger partial charge in [-0.05, 0) is 48.1 Å². The molecule has 10 heteroatoms. The number of carbonyl (C=O) groups excluding carboxylic acids is 2. The van der Waals surface area contributed by atoms with E-state index in [1.165, 1.54) is 12.1 Å². The molecule has 0 unspecified atom stereocenters. The molecule has 2 amide bonds. The summed E-state index contributed by atoms with van der Waals surface area (Å²) < 4.78 is 2.03. The van der Waals surface area contributed by atoms with Crippen LogP contribution in [0, 0.1) is 10.1 Å². The fraction of sp³-hybridized carbons (Fsp3) is 0.0455. The lowest BCUT2D eigenvalue weighted by molar-refractivity contribution is -0.384. The third kappa shape index (κ3) is 4.61. The number of carbonyl (C=O) groups is 2. The van der Waals surface area contributed by atoms with Gasteiger partial charge >= 0.3 is 0 Å². The summed E-state index contributed by atoms with van der Waals surface area (Å²) in [5.74, 6) is -0.763. The van der Waals surface area contributed by atoms with Crippen molar-refractivity contribution in [2.24, 2.45) is 0 Å². The van der Waals surface area contributed by atoms with Crippen molar-refractivity contribution in [1.29, 1.82) is 0 Å². The fourth-order valence-electron chi connectivity index (χ4n) is 3.13. The normalized spacial score (nSPS) is 14.8. The van der Waals surface area contributed by atoms with Crippen LogP contribution in [0.25, 0.3) is 11.8 Å². The summed E-state index contributed by atoms with van der Waals surface area (Å²) in [6, 6.07) is 18.9. The summed E-state index contributed by atoms with van der Waals surface area (Å²) in [5.41, 5.74) is 4.79. The first-order valence-corrected chi connectivity index (χ1v) is 10.7. The summed E-state index contributed by atoms with van der Waals surface area (Å²) in [4.78, 5) is 36.0. The van der Waals surface area contributed by atoms with E-state index in [-0.39, 0.29) is 22.3 Å². The van der Waals surface area contributed by atoms with Crippen LogP contribution in [0.3, 0.4) is 0 Å². The zero-order valence-corrected chi connectivity index (χ0v) is 18.1. The van der Waals surface area contributed by atoms with Gasteiger partial charge in [0.05, 0.1) is 16.2 Å². The molecule has 1 N–H and O–H groups in total. The van der Waals surface area contributed by atoms with E-state index < -0.39 is 10.8 Å². The van der Waals surface area contributed by atoms with Crippen molar-refractivity contribution in [2.75, 3.05) is 0 Å². The molecule has 0 bridgehead atoms. The second-order valence-electron chi connectivity index (χ2n) is 6.79. The van der Waals surface area contributed by atoms with Crippen LogP contribution in [0.5, 0.6) is 0 Å². The van der Waals surface area contributed by atoms with Crippen molar-refractivity contribution in [1.82, 2.24) is 15.0 Å². The standard InChI is InChI=1S/C22H16N4O4S2/c27-20(13-15-5-2-1-3-6-15)23-25-21(28)19(32-22(25)31)14-18-7-4-12-24(18)16-8-10-17(11-9-16)26(29)30/h1-12,14H,13H2,(H,23,27)/b19-14-. The van der Waals surface area contributed by atoms with Gasteiger partial charge in [0.1, 0.15) is 0 Å². The molecule has 4 rings (SSSR count). The second-order valence-corrected chi connectivity index (χ2v) is 8.47. The number of nitro benzene ring substituents is 1. The summed E-state index contributed by atoms with van der Waals surface area (Å²) in [5, 5.41) is 12.0. The first-order chi connectivity index (χ1) is 15.4. The van der Waals surface area contributed by atoms with Gasteiger partial charge in [-0.15, -0.1) is 0 Å². The molecule has 1 fully saturated rings. The Bertz CT molecular complexity index is 1240. The fourth-order valence-corrected chi connectivity index (χ4v) is 4.29. The van der Waals surface area contributed by atoms with Gasteiger partial charge < -0.3 is 4.57 Å². The summed E-state index contributed by atoms with van der Waals surface area (Å²) in [6.45, 7) is 0. The molecule has 1 saturated heterocycles. The predicted octanol–water partition coefficient (Wildman–Crippen LogP) is 3.86. The highest BCUT2D eigenvalue weighted by atomic mass is 32.2. The number of nitro groups is 1. The molecule has 1 aliphatic rings. The monoisotopic (exact) mass is 464 g/mol. The Morgan fingerprint density at radius 1 is 1.09 bits per heavy atom. The highest BCUT2D eigenvalue weighted by Gasteiger charge is 2.33. The zero-order chi connectivity index (χ0) is 22.7. The predicted molar refractivity (Wildman–Crippen MR) is 126 cm³/mol. The Kier molecular flexibility index (Phi) is 6.15. The molecule has 1 aromatic heterocycles. The molecule has 2 heterocycles. The first-order valence-electron chi connectivity index (χ1n) is 9.46. The minimum Gasteiger partial charge on any atom is -0.317 e. The Hall–Kier alpha value is -3.76. The lowest BCUT2D eigenvalue weighted by atomic mass is 10.1. The molecule has 2 aromatic carbocycles. The first kappa shape index (κ1) is 21.5. The number of amides is 2. The molecule has 8 nitrogen and oxygen atoms in total. The number of hydrazine groups is 1. The molecule has 3 aromatic rings. The summed E-state index contributed by atoms with van der Waals surface area (Å²) in [7, 11) is 0. The Labute approximate surface area is 192 Å². The lowest BCUT2D eigenvalue weighted by Crippen LogP contribution is -2.45. The van der Waals surface area contributed by atoms with Crippen LogP contribution in [-0.2, 0) is 16.0 Å². The smallest absolute Gasteiger partial charge is 0.285 e. The molecule has 0 atom stereocenters. The number of hydrogen-bond acceptors (Lipinski definition) is 6. The molecular formula is C22H16N4O4S2. The van der Waals surface area contributed by atoms with Crippen LogP contribution in [0.2, 0.25) is 0 Å². The van der Waals surface area contributed by atoms with Crippen LogP contribution in [-0.4, -0.2) is 30.6 Å². The molecule has 0 spiro atoms. The topological polar surface area (TPSA) is 97.5 Å². The summed E-state index contributed by atoms with van der Waals surface area (Å²) >= 11 is 6.37. The van der Waals surface area contributed by atoms with Crippen LogP contribution >= 0.6 is 24.0 Å². The molecular weight excluding hydrogens is 448 g/mol. The third-order valence-electron chi connectivity index (χ3n) is 4.64. The van der Waals surface area contributed by atoms with Crippen LogP contribution in [0.1, 0.15) is 11.3 Å². The van der Waals surface area contributed by atoms with Gasteiger partial charge in [0.25, 0.3) is 11.6 Å². The van der Waals surface area contributed by atoms with Gasteiger partial charge in [-0.3, -0.25) is 25.1 Å². The average molecular weight is 465 g/mol. The largest absolute Gasteiger partial charge is 0.317 e. The van der Waals surface area contributed by atoms with Crippen LogP contribution < -0.4 is 5.43 Å². The number of benzene rings is 2. The van der Waals surface area contributed by atoms with Crippen LogP contribution in [0.15, 0.2) is 77.8 Å². The number of hydrogen-bond donors (Lipinski definition) is 1. The van der Waals surface area contributed by atoms with Gasteiger partial charge in [-0.1, -0.05) is 42.1 Å². The van der Waals surface area contributed by atoms with Crippen molar-refractivity contribution < 1.29 is 14.5 Å².